The summed E-state index contributed by atoms with van der Waals surface area (Å²) in [4.78, 5) is 11.5. The van der Waals surface area contributed by atoms with Gasteiger partial charge in [0, 0.05) is 44.6 Å². The van der Waals surface area contributed by atoms with E-state index in [0.29, 0.717) is 5.02 Å². The maximum absolute atomic E-state index is 11.5. The van der Waals surface area contributed by atoms with E-state index in [0.717, 1.165) is 32.3 Å². The molecular formula is C24H21BrCl2N2O. The fourth-order valence-corrected chi connectivity index (χ4v) is 4.14. The molecule has 0 aliphatic heterocycles. The molecule has 154 valence electrons. The molecule has 0 saturated carbocycles. The predicted octanol–water partition coefficient (Wildman–Crippen LogP) is 7.84. The molecule has 0 radical (unpaired) electrons. The summed E-state index contributed by atoms with van der Waals surface area (Å²) in [5, 5.41) is 1.47. The molecule has 6 heteroatoms. The molecule has 4 aromatic rings. The molecule has 2 aromatic carbocycles. The van der Waals surface area contributed by atoms with Gasteiger partial charge in [-0.1, -0.05) is 23.2 Å². The van der Waals surface area contributed by atoms with Crippen LogP contribution in [0.5, 0.6) is 0 Å². The van der Waals surface area contributed by atoms with Crippen LogP contribution in [0.4, 0.5) is 0 Å². The highest BCUT2D eigenvalue weighted by atomic mass is 79.9. The van der Waals surface area contributed by atoms with Crippen molar-refractivity contribution in [2.75, 3.05) is 0 Å². The van der Waals surface area contributed by atoms with Crippen LogP contribution in [0.3, 0.4) is 0 Å². The lowest BCUT2D eigenvalue weighted by atomic mass is 10.2. The van der Waals surface area contributed by atoms with Gasteiger partial charge < -0.3 is 9.13 Å². The van der Waals surface area contributed by atoms with Crippen molar-refractivity contribution in [1.82, 2.24) is 9.13 Å². The predicted molar refractivity (Wildman–Crippen MR) is 129 cm³/mol. The van der Waals surface area contributed by atoms with Crippen molar-refractivity contribution in [3.8, 4) is 11.4 Å². The van der Waals surface area contributed by atoms with Crippen LogP contribution in [0.25, 0.3) is 11.4 Å². The summed E-state index contributed by atoms with van der Waals surface area (Å²) in [6.45, 7) is 5.58. The number of Topliss-reactive ketones (excluding diaryl/α,β-unsaturated/α-hetero) is 1. The lowest BCUT2D eigenvalue weighted by Gasteiger charge is -2.08. The minimum atomic E-state index is 0.0657. The molecule has 0 aliphatic carbocycles. The SMILES string of the molecule is CC(=O)c1cc(Br)n(-c2ccc(Cl)cc2)c1C.Cc1cccn1-c1ccc(Cl)cc1. The molecule has 4 rings (SSSR count). The van der Waals surface area contributed by atoms with Crippen molar-refractivity contribution in [3.63, 3.8) is 0 Å². The second kappa shape index (κ2) is 9.69. The zero-order chi connectivity index (χ0) is 21.8. The van der Waals surface area contributed by atoms with Crippen LogP contribution in [-0.4, -0.2) is 14.9 Å². The molecule has 0 aliphatic rings. The second-order valence-electron chi connectivity index (χ2n) is 6.83. The first kappa shape index (κ1) is 22.4. The number of hydrogen-bond donors (Lipinski definition) is 0. The zero-order valence-corrected chi connectivity index (χ0v) is 20.0. The van der Waals surface area contributed by atoms with E-state index in [2.05, 4.69) is 33.5 Å². The summed E-state index contributed by atoms with van der Waals surface area (Å²) in [5.74, 6) is 0.0657. The standard InChI is InChI=1S/C13H11BrClNO.C11H10ClN/c1-8-12(9(2)17)7-13(14)16(8)11-5-3-10(15)4-6-11;1-9-3-2-8-13(9)11-6-4-10(12)5-7-11/h3-7H,1-2H3;2-8H,1H3. The molecule has 0 spiro atoms. The lowest BCUT2D eigenvalue weighted by Crippen LogP contribution is -1.99. The van der Waals surface area contributed by atoms with Gasteiger partial charge in [-0.05, 0) is 103 Å². The van der Waals surface area contributed by atoms with Gasteiger partial charge in [0.05, 0.1) is 4.60 Å². The van der Waals surface area contributed by atoms with Crippen LogP contribution in [0.15, 0.2) is 77.5 Å². The normalized spacial score (nSPS) is 10.5. The first-order valence-electron chi connectivity index (χ1n) is 9.32. The molecular weight excluding hydrogens is 483 g/mol. The van der Waals surface area contributed by atoms with Gasteiger partial charge in [-0.15, -0.1) is 0 Å². The van der Waals surface area contributed by atoms with E-state index in [1.807, 2.05) is 78.4 Å². The average Bonchev–Trinajstić information content (AvgIpc) is 3.27. The van der Waals surface area contributed by atoms with Gasteiger partial charge >= 0.3 is 0 Å². The maximum atomic E-state index is 11.5. The van der Waals surface area contributed by atoms with Crippen molar-refractivity contribution in [1.29, 1.82) is 0 Å². The third-order valence-electron chi connectivity index (χ3n) is 4.72. The van der Waals surface area contributed by atoms with Crippen LogP contribution in [0.2, 0.25) is 10.0 Å². The second-order valence-corrected chi connectivity index (χ2v) is 8.52. The van der Waals surface area contributed by atoms with Gasteiger partial charge in [-0.3, -0.25) is 4.79 Å². The molecule has 0 atom stereocenters. The minimum absolute atomic E-state index is 0.0657. The number of halogens is 3. The van der Waals surface area contributed by atoms with Crippen LogP contribution in [0, 0.1) is 13.8 Å². The number of ketones is 1. The molecule has 0 fully saturated rings. The summed E-state index contributed by atoms with van der Waals surface area (Å²) in [5.41, 5.74) is 5.00. The smallest absolute Gasteiger partial charge is 0.161 e. The molecule has 2 aromatic heterocycles. The number of hydrogen-bond acceptors (Lipinski definition) is 1. The Balaban J connectivity index is 0.000000177. The number of nitrogens with zero attached hydrogens (tertiary/aromatic N) is 2. The Morgan fingerprint density at radius 2 is 1.40 bits per heavy atom. The Hall–Kier alpha value is -2.27. The van der Waals surface area contributed by atoms with Gasteiger partial charge in [-0.25, -0.2) is 0 Å². The average molecular weight is 504 g/mol. The van der Waals surface area contributed by atoms with Gasteiger partial charge in [0.2, 0.25) is 0 Å². The fourth-order valence-electron chi connectivity index (χ4n) is 3.19. The number of rotatable bonds is 3. The monoisotopic (exact) mass is 502 g/mol. The number of carbonyl (C=O) groups excluding carboxylic acids is 1. The Kier molecular flexibility index (Phi) is 7.24. The van der Waals surface area contributed by atoms with Crippen LogP contribution in [0.1, 0.15) is 28.7 Å². The van der Waals surface area contributed by atoms with Crippen LogP contribution in [-0.2, 0) is 0 Å². The quantitative estimate of drug-likeness (QED) is 0.261. The first-order valence-corrected chi connectivity index (χ1v) is 10.9. The van der Waals surface area contributed by atoms with E-state index in [1.165, 1.54) is 5.69 Å². The largest absolute Gasteiger partial charge is 0.321 e. The molecule has 2 heterocycles. The molecule has 30 heavy (non-hydrogen) atoms. The van der Waals surface area contributed by atoms with Crippen LogP contribution < -0.4 is 0 Å². The summed E-state index contributed by atoms with van der Waals surface area (Å²) < 4.78 is 4.96. The molecule has 0 saturated heterocycles. The molecule has 0 unspecified atom stereocenters. The highest BCUT2D eigenvalue weighted by Gasteiger charge is 2.14. The van der Waals surface area contributed by atoms with Crippen LogP contribution >= 0.6 is 39.1 Å². The number of aryl methyl sites for hydroxylation is 1. The molecule has 3 nitrogen and oxygen atoms in total. The van der Waals surface area contributed by atoms with Gasteiger partial charge in [0.1, 0.15) is 0 Å². The lowest BCUT2D eigenvalue weighted by molar-refractivity contribution is 0.101. The Morgan fingerprint density at radius 1 is 0.867 bits per heavy atom. The van der Waals surface area contributed by atoms with E-state index < -0.39 is 0 Å². The fraction of sp³-hybridized carbons (Fsp3) is 0.125. The topological polar surface area (TPSA) is 26.9 Å². The third-order valence-corrected chi connectivity index (χ3v) is 5.81. The van der Waals surface area contributed by atoms with Crippen molar-refractivity contribution in [2.45, 2.75) is 20.8 Å². The summed E-state index contributed by atoms with van der Waals surface area (Å²) in [7, 11) is 0. The van der Waals surface area contributed by atoms with E-state index in [9.17, 15) is 4.79 Å². The van der Waals surface area contributed by atoms with Gasteiger partial charge in [0.25, 0.3) is 0 Å². The maximum Gasteiger partial charge on any atom is 0.161 e. The summed E-state index contributed by atoms with van der Waals surface area (Å²) >= 11 is 15.1. The van der Waals surface area contributed by atoms with Crippen molar-refractivity contribution in [3.05, 3.63) is 105 Å². The van der Waals surface area contributed by atoms with Crippen molar-refractivity contribution >= 4 is 44.9 Å². The highest BCUT2D eigenvalue weighted by molar-refractivity contribution is 9.10. The molecule has 0 amide bonds. The zero-order valence-electron chi connectivity index (χ0n) is 16.9. The number of benzene rings is 2. The Labute approximate surface area is 195 Å². The molecule has 0 bridgehead atoms. The third kappa shape index (κ3) is 5.07. The van der Waals surface area contributed by atoms with E-state index in [1.54, 1.807) is 6.92 Å². The summed E-state index contributed by atoms with van der Waals surface area (Å²) in [6, 6.07) is 21.3. The number of aromatic nitrogens is 2. The van der Waals surface area contributed by atoms with Gasteiger partial charge in [0.15, 0.2) is 5.78 Å². The first-order chi connectivity index (χ1) is 14.3. The van der Waals surface area contributed by atoms with Crippen molar-refractivity contribution in [2.24, 2.45) is 0 Å². The van der Waals surface area contributed by atoms with E-state index >= 15 is 0 Å². The molecule has 0 N–H and O–H groups in total. The highest BCUT2D eigenvalue weighted by Crippen LogP contribution is 2.26. The summed E-state index contributed by atoms with van der Waals surface area (Å²) in [6.07, 6.45) is 2.04. The Bertz CT molecular complexity index is 1160. The van der Waals surface area contributed by atoms with E-state index in [4.69, 9.17) is 23.2 Å². The minimum Gasteiger partial charge on any atom is -0.321 e. The van der Waals surface area contributed by atoms with Gasteiger partial charge in [-0.2, -0.15) is 0 Å². The van der Waals surface area contributed by atoms with Crippen molar-refractivity contribution < 1.29 is 4.79 Å². The number of carbonyl (C=O) groups is 1. The van der Waals surface area contributed by atoms with E-state index in [-0.39, 0.29) is 5.78 Å². The Morgan fingerprint density at radius 3 is 1.83 bits per heavy atom.